The second-order valence-electron chi connectivity index (χ2n) is 6.90. The van der Waals surface area contributed by atoms with Gasteiger partial charge in [0.05, 0.1) is 29.2 Å². The molecule has 0 aromatic heterocycles. The number of hydrogen-bond donors (Lipinski definition) is 0. The number of fused-ring (bicyclic) bond motifs is 1. The third-order valence-corrected chi connectivity index (χ3v) is 6.60. The summed E-state index contributed by atoms with van der Waals surface area (Å²) in [5.74, 6) is 0.303. The summed E-state index contributed by atoms with van der Waals surface area (Å²) in [4.78, 5) is 16.9. The fraction of sp³-hybridized carbons (Fsp3) is 0.474. The van der Waals surface area contributed by atoms with Crippen LogP contribution < -0.4 is 0 Å². The molecule has 4 rings (SSSR count). The number of carbonyl (C=O) groups excluding carboxylic acids is 1. The molecule has 4 nitrogen and oxygen atoms in total. The first-order valence-electron chi connectivity index (χ1n) is 8.74. The minimum atomic E-state index is -0.307. The van der Waals surface area contributed by atoms with Gasteiger partial charge in [0.15, 0.2) is 0 Å². The van der Waals surface area contributed by atoms with Gasteiger partial charge in [0.2, 0.25) is 5.91 Å². The van der Waals surface area contributed by atoms with Gasteiger partial charge in [-0.15, -0.1) is 0 Å². The minimum absolute atomic E-state index is 0.0542. The SMILES string of the molecule is N#CC1=C2SCN(C3CCCC3)CN2C(=O)CC1c1ccc(F)cc1. The molecule has 1 aromatic rings. The zero-order valence-corrected chi connectivity index (χ0v) is 14.8. The van der Waals surface area contributed by atoms with Crippen LogP contribution in [0.15, 0.2) is 34.9 Å². The number of benzene rings is 1. The first kappa shape index (κ1) is 16.6. The lowest BCUT2D eigenvalue weighted by molar-refractivity contribution is -0.132. The largest absolute Gasteiger partial charge is 0.292 e. The van der Waals surface area contributed by atoms with Gasteiger partial charge in [-0.3, -0.25) is 14.6 Å². The number of carbonyl (C=O) groups is 1. The Balaban J connectivity index is 1.63. The van der Waals surface area contributed by atoms with Crippen molar-refractivity contribution in [3.8, 4) is 6.07 Å². The van der Waals surface area contributed by atoms with E-state index in [1.807, 2.05) is 0 Å². The minimum Gasteiger partial charge on any atom is -0.292 e. The van der Waals surface area contributed by atoms with Crippen LogP contribution in [0.5, 0.6) is 0 Å². The summed E-state index contributed by atoms with van der Waals surface area (Å²) >= 11 is 1.59. The van der Waals surface area contributed by atoms with E-state index in [1.165, 1.54) is 37.8 Å². The molecule has 0 bridgehead atoms. The van der Waals surface area contributed by atoms with Gasteiger partial charge in [-0.2, -0.15) is 5.26 Å². The summed E-state index contributed by atoms with van der Waals surface area (Å²) < 4.78 is 13.2. The molecule has 2 aliphatic heterocycles. The molecule has 1 saturated carbocycles. The van der Waals surface area contributed by atoms with Gasteiger partial charge in [-0.1, -0.05) is 36.7 Å². The summed E-state index contributed by atoms with van der Waals surface area (Å²) in [6.45, 7) is 0.590. The highest BCUT2D eigenvalue weighted by Crippen LogP contribution is 2.43. The molecule has 1 aliphatic carbocycles. The van der Waals surface area contributed by atoms with E-state index in [9.17, 15) is 14.4 Å². The normalized spacial score (nSPS) is 25.2. The van der Waals surface area contributed by atoms with Crippen LogP contribution in [0, 0.1) is 17.1 Å². The number of hydrogen-bond acceptors (Lipinski definition) is 4. The lowest BCUT2D eigenvalue weighted by Gasteiger charge is -2.43. The maximum Gasteiger partial charge on any atom is 0.229 e. The van der Waals surface area contributed by atoms with Crippen LogP contribution in [-0.2, 0) is 4.79 Å². The van der Waals surface area contributed by atoms with Crippen LogP contribution in [0.1, 0.15) is 43.6 Å². The Bertz CT molecular complexity index is 749. The number of thioether (sulfide) groups is 1. The molecule has 1 amide bonds. The van der Waals surface area contributed by atoms with Crippen molar-refractivity contribution in [2.24, 2.45) is 0 Å². The van der Waals surface area contributed by atoms with Crippen molar-refractivity contribution in [2.75, 3.05) is 12.5 Å². The summed E-state index contributed by atoms with van der Waals surface area (Å²) in [5.41, 5.74) is 1.47. The highest BCUT2D eigenvalue weighted by Gasteiger charge is 2.39. The Labute approximate surface area is 151 Å². The van der Waals surface area contributed by atoms with Crippen molar-refractivity contribution in [1.29, 1.82) is 5.26 Å². The van der Waals surface area contributed by atoms with E-state index in [2.05, 4.69) is 11.0 Å². The molecule has 0 radical (unpaired) electrons. The van der Waals surface area contributed by atoms with Crippen molar-refractivity contribution in [2.45, 2.75) is 44.1 Å². The molecule has 1 atom stereocenters. The van der Waals surface area contributed by atoms with Crippen molar-refractivity contribution < 1.29 is 9.18 Å². The molecule has 1 saturated heterocycles. The molecular formula is C19H20FN3OS. The Kier molecular flexibility index (Phi) is 4.53. The number of halogens is 1. The highest BCUT2D eigenvalue weighted by molar-refractivity contribution is 8.03. The first-order chi connectivity index (χ1) is 12.2. The summed E-state index contributed by atoms with van der Waals surface area (Å²) in [6, 6.07) is 9.02. The Morgan fingerprint density at radius 3 is 2.60 bits per heavy atom. The van der Waals surface area contributed by atoms with Crippen LogP contribution in [0.25, 0.3) is 0 Å². The lowest BCUT2D eigenvalue weighted by Crippen LogP contribution is -2.50. The van der Waals surface area contributed by atoms with Gasteiger partial charge in [-0.25, -0.2) is 4.39 Å². The van der Waals surface area contributed by atoms with Crippen LogP contribution in [0.2, 0.25) is 0 Å². The highest BCUT2D eigenvalue weighted by atomic mass is 32.2. The maximum absolute atomic E-state index is 13.2. The molecule has 3 aliphatic rings. The fourth-order valence-corrected chi connectivity index (χ4v) is 5.29. The average Bonchev–Trinajstić information content (AvgIpc) is 3.17. The quantitative estimate of drug-likeness (QED) is 0.808. The molecule has 0 spiro atoms. The lowest BCUT2D eigenvalue weighted by atomic mass is 9.86. The van der Waals surface area contributed by atoms with E-state index < -0.39 is 0 Å². The smallest absolute Gasteiger partial charge is 0.229 e. The number of rotatable bonds is 2. The van der Waals surface area contributed by atoms with E-state index in [4.69, 9.17) is 0 Å². The molecule has 2 heterocycles. The van der Waals surface area contributed by atoms with Gasteiger partial charge >= 0.3 is 0 Å². The second kappa shape index (κ2) is 6.81. The van der Waals surface area contributed by atoms with Crippen molar-refractivity contribution >= 4 is 17.7 Å². The summed E-state index contributed by atoms with van der Waals surface area (Å²) in [7, 11) is 0. The van der Waals surface area contributed by atoms with Gasteiger partial charge < -0.3 is 0 Å². The van der Waals surface area contributed by atoms with E-state index in [0.29, 0.717) is 18.3 Å². The van der Waals surface area contributed by atoms with Gasteiger partial charge in [0, 0.05) is 18.4 Å². The maximum atomic E-state index is 13.2. The predicted octanol–water partition coefficient (Wildman–Crippen LogP) is 3.78. The van der Waals surface area contributed by atoms with Crippen LogP contribution in [-0.4, -0.2) is 34.3 Å². The molecular weight excluding hydrogens is 337 g/mol. The predicted molar refractivity (Wildman–Crippen MR) is 94.7 cm³/mol. The van der Waals surface area contributed by atoms with Crippen molar-refractivity contribution in [3.63, 3.8) is 0 Å². The van der Waals surface area contributed by atoms with Gasteiger partial charge in [0.25, 0.3) is 0 Å². The standard InChI is InChI=1S/C19H20FN3OS/c20-14-7-5-13(6-8-14)16-9-18(24)23-11-22(15-3-1-2-4-15)12-25-19(23)17(16)10-21/h5-8,15-16H,1-4,9,11-12H2. The van der Waals surface area contributed by atoms with E-state index in [0.717, 1.165) is 16.5 Å². The van der Waals surface area contributed by atoms with Gasteiger partial charge in [0.1, 0.15) is 5.82 Å². The van der Waals surface area contributed by atoms with Crippen LogP contribution in [0.4, 0.5) is 4.39 Å². The summed E-state index contributed by atoms with van der Waals surface area (Å²) in [5, 5.41) is 10.5. The Morgan fingerprint density at radius 1 is 1.20 bits per heavy atom. The average molecular weight is 357 g/mol. The molecule has 2 fully saturated rings. The number of nitriles is 1. The molecule has 130 valence electrons. The van der Waals surface area contributed by atoms with Crippen molar-refractivity contribution in [1.82, 2.24) is 9.80 Å². The monoisotopic (exact) mass is 357 g/mol. The number of nitrogens with zero attached hydrogens (tertiary/aromatic N) is 3. The third kappa shape index (κ3) is 3.07. The van der Waals surface area contributed by atoms with Crippen LogP contribution >= 0.6 is 11.8 Å². The molecule has 1 aromatic carbocycles. The zero-order chi connectivity index (χ0) is 17.4. The third-order valence-electron chi connectivity index (χ3n) is 5.43. The zero-order valence-electron chi connectivity index (χ0n) is 13.9. The van der Waals surface area contributed by atoms with Crippen LogP contribution in [0.3, 0.4) is 0 Å². The van der Waals surface area contributed by atoms with E-state index >= 15 is 0 Å². The molecule has 1 unspecified atom stereocenters. The first-order valence-corrected chi connectivity index (χ1v) is 9.73. The Hall–Kier alpha value is -1.84. The number of amides is 1. The van der Waals surface area contributed by atoms with E-state index in [1.54, 1.807) is 28.8 Å². The van der Waals surface area contributed by atoms with Gasteiger partial charge in [-0.05, 0) is 30.5 Å². The molecule has 25 heavy (non-hydrogen) atoms. The topological polar surface area (TPSA) is 47.3 Å². The fourth-order valence-electron chi connectivity index (χ4n) is 4.06. The van der Waals surface area contributed by atoms with Crippen molar-refractivity contribution in [3.05, 3.63) is 46.2 Å². The molecule has 0 N–H and O–H groups in total. The van der Waals surface area contributed by atoms with E-state index in [-0.39, 0.29) is 24.1 Å². The Morgan fingerprint density at radius 2 is 1.92 bits per heavy atom. The number of allylic oxidation sites excluding steroid dienone is 1. The summed E-state index contributed by atoms with van der Waals surface area (Å²) in [6.07, 6.45) is 5.20. The second-order valence-corrected chi connectivity index (χ2v) is 7.84. The molecule has 6 heteroatoms.